The quantitative estimate of drug-likeness (QED) is 0.902. The van der Waals surface area contributed by atoms with Gasteiger partial charge in [0.1, 0.15) is 5.60 Å². The first kappa shape index (κ1) is 13.8. The third-order valence-electron chi connectivity index (χ3n) is 5.12. The van der Waals surface area contributed by atoms with Gasteiger partial charge in [-0.3, -0.25) is 4.79 Å². The van der Waals surface area contributed by atoms with Crippen LogP contribution < -0.4 is 0 Å². The van der Waals surface area contributed by atoms with Crippen molar-refractivity contribution in [3.63, 3.8) is 0 Å². The molecule has 0 spiro atoms. The van der Waals surface area contributed by atoms with Gasteiger partial charge in [-0.25, -0.2) is 0 Å². The van der Waals surface area contributed by atoms with Gasteiger partial charge in [-0.05, 0) is 18.4 Å². The lowest BCUT2D eigenvalue weighted by molar-refractivity contribution is -0.234. The van der Waals surface area contributed by atoms with Crippen LogP contribution in [-0.2, 0) is 15.1 Å². The lowest BCUT2D eigenvalue weighted by Gasteiger charge is -2.58. The zero-order chi connectivity index (χ0) is 14.2. The van der Waals surface area contributed by atoms with Gasteiger partial charge >= 0.3 is 0 Å². The molecule has 2 aliphatic rings. The lowest BCUT2D eigenvalue weighted by atomic mass is 9.51. The third-order valence-corrected chi connectivity index (χ3v) is 5.12. The summed E-state index contributed by atoms with van der Waals surface area (Å²) in [4.78, 5) is 12.8. The van der Waals surface area contributed by atoms with E-state index in [1.807, 2.05) is 30.3 Å². The Morgan fingerprint density at radius 2 is 1.85 bits per heavy atom. The second kappa shape index (κ2) is 4.97. The second-order valence-corrected chi connectivity index (χ2v) is 6.06. The van der Waals surface area contributed by atoms with Crippen LogP contribution in [0.5, 0.6) is 0 Å². The van der Waals surface area contributed by atoms with Gasteiger partial charge in [0.2, 0.25) is 5.78 Å². The van der Waals surface area contributed by atoms with Crippen LogP contribution in [0.4, 0.5) is 0 Å². The van der Waals surface area contributed by atoms with Crippen molar-refractivity contribution in [1.82, 2.24) is 0 Å². The summed E-state index contributed by atoms with van der Waals surface area (Å²) in [6, 6.07) is 9.63. The highest BCUT2D eigenvalue weighted by molar-refractivity contribution is 6.03. The number of benzene rings is 1. The van der Waals surface area contributed by atoms with Crippen molar-refractivity contribution < 1.29 is 14.6 Å². The zero-order valence-electron chi connectivity index (χ0n) is 12.0. The van der Waals surface area contributed by atoms with Gasteiger partial charge in [-0.2, -0.15) is 0 Å². The molecule has 2 aliphatic carbocycles. The highest BCUT2D eigenvalue weighted by atomic mass is 16.5. The highest BCUT2D eigenvalue weighted by Gasteiger charge is 2.71. The van der Waals surface area contributed by atoms with Gasteiger partial charge in [-0.1, -0.05) is 56.0 Å². The van der Waals surface area contributed by atoms with Crippen LogP contribution in [-0.4, -0.2) is 23.6 Å². The summed E-state index contributed by atoms with van der Waals surface area (Å²) in [5.41, 5.74) is -1.23. The molecule has 0 heterocycles. The van der Waals surface area contributed by atoms with Crippen molar-refractivity contribution in [3.8, 4) is 0 Å². The number of ether oxygens (including phenoxy) is 1. The lowest BCUT2D eigenvalue weighted by Crippen LogP contribution is -2.73. The van der Waals surface area contributed by atoms with E-state index in [0.29, 0.717) is 6.42 Å². The van der Waals surface area contributed by atoms with Crippen molar-refractivity contribution in [2.45, 2.75) is 49.7 Å². The van der Waals surface area contributed by atoms with Crippen LogP contribution >= 0.6 is 0 Å². The Morgan fingerprint density at radius 1 is 1.15 bits per heavy atom. The van der Waals surface area contributed by atoms with E-state index in [4.69, 9.17) is 4.74 Å². The van der Waals surface area contributed by atoms with E-state index in [9.17, 15) is 9.90 Å². The molecule has 0 aromatic heterocycles. The first-order valence-electron chi connectivity index (χ1n) is 7.54. The van der Waals surface area contributed by atoms with Gasteiger partial charge in [0.15, 0.2) is 5.60 Å². The third kappa shape index (κ3) is 1.69. The molecule has 0 unspecified atom stereocenters. The molecule has 2 fully saturated rings. The smallest absolute Gasteiger partial charge is 0.201 e. The first-order valence-corrected chi connectivity index (χ1v) is 7.54. The first-order chi connectivity index (χ1) is 9.66. The van der Waals surface area contributed by atoms with Crippen molar-refractivity contribution >= 4 is 5.78 Å². The molecule has 0 aliphatic heterocycles. The predicted molar refractivity (Wildman–Crippen MR) is 76.3 cm³/mol. The molecule has 1 aromatic carbocycles. The summed E-state index contributed by atoms with van der Waals surface area (Å²) in [5.74, 6) is -0.263. The molecule has 1 N–H and O–H groups in total. The molecule has 1 aromatic rings. The van der Waals surface area contributed by atoms with Crippen molar-refractivity contribution in [2.24, 2.45) is 5.92 Å². The number of carbonyl (C=O) groups is 1. The second-order valence-electron chi connectivity index (χ2n) is 6.06. The zero-order valence-corrected chi connectivity index (χ0v) is 12.0. The molecule has 0 bridgehead atoms. The fraction of sp³-hybridized carbons (Fsp3) is 0.588. The Hall–Kier alpha value is -1.19. The van der Waals surface area contributed by atoms with E-state index in [1.54, 1.807) is 7.11 Å². The van der Waals surface area contributed by atoms with Gasteiger partial charge < -0.3 is 9.84 Å². The van der Waals surface area contributed by atoms with E-state index in [0.717, 1.165) is 31.2 Å². The summed E-state index contributed by atoms with van der Waals surface area (Å²) in [6.07, 6.45) is 5.69. The minimum atomic E-state index is -1.17. The molecule has 3 heteroatoms. The maximum absolute atomic E-state index is 12.8. The SMILES string of the molecule is CO[C@@]1(c2ccccc2)C(=O)[C@@]2(O)CCCCCC[C@@H]12. The van der Waals surface area contributed by atoms with E-state index in [-0.39, 0.29) is 11.7 Å². The number of fused-ring (bicyclic) bond motifs is 1. The number of rotatable bonds is 2. The highest BCUT2D eigenvalue weighted by Crippen LogP contribution is 2.57. The molecule has 0 amide bonds. The van der Waals surface area contributed by atoms with Gasteiger partial charge in [-0.15, -0.1) is 0 Å². The molecular weight excluding hydrogens is 252 g/mol. The molecule has 2 saturated carbocycles. The number of aliphatic hydroxyl groups is 1. The maximum atomic E-state index is 12.8. The predicted octanol–water partition coefficient (Wildman–Crippen LogP) is 2.81. The topological polar surface area (TPSA) is 46.5 Å². The molecule has 0 radical (unpaired) electrons. The van der Waals surface area contributed by atoms with Crippen molar-refractivity contribution in [2.75, 3.05) is 7.11 Å². The molecule has 108 valence electrons. The van der Waals surface area contributed by atoms with Crippen LogP contribution in [0.25, 0.3) is 0 Å². The standard InChI is InChI=1S/C17H22O3/c1-20-17(13-9-5-4-6-10-13)14-11-7-2-3-8-12-16(14,19)15(17)18/h4-6,9-10,14,19H,2-3,7-8,11-12H2,1H3/t14-,16-,17-/m1/s1. The summed E-state index contributed by atoms with van der Waals surface area (Å²) < 4.78 is 5.69. The van der Waals surface area contributed by atoms with Crippen LogP contribution in [0.15, 0.2) is 30.3 Å². The summed E-state index contributed by atoms with van der Waals surface area (Å²) >= 11 is 0. The molecular formula is C17H22O3. The Kier molecular flexibility index (Phi) is 3.43. The molecule has 20 heavy (non-hydrogen) atoms. The van der Waals surface area contributed by atoms with E-state index in [1.165, 1.54) is 6.42 Å². The van der Waals surface area contributed by atoms with Gasteiger partial charge in [0, 0.05) is 13.0 Å². The Bertz CT molecular complexity index is 498. The summed E-state index contributed by atoms with van der Waals surface area (Å²) in [7, 11) is 1.59. The van der Waals surface area contributed by atoms with Crippen LogP contribution in [0, 0.1) is 5.92 Å². The van der Waals surface area contributed by atoms with Crippen molar-refractivity contribution in [3.05, 3.63) is 35.9 Å². The Labute approximate surface area is 120 Å². The average Bonchev–Trinajstić information content (AvgIpc) is 2.48. The Morgan fingerprint density at radius 3 is 2.55 bits per heavy atom. The van der Waals surface area contributed by atoms with Crippen molar-refractivity contribution in [1.29, 1.82) is 0 Å². The Balaban J connectivity index is 2.02. The van der Waals surface area contributed by atoms with Gasteiger partial charge in [0.25, 0.3) is 0 Å². The van der Waals surface area contributed by atoms with Crippen LogP contribution in [0.2, 0.25) is 0 Å². The number of methoxy groups -OCH3 is 1. The minimum absolute atomic E-state index is 0.116. The summed E-state index contributed by atoms with van der Waals surface area (Å²) in [5, 5.41) is 10.8. The van der Waals surface area contributed by atoms with Crippen LogP contribution in [0.3, 0.4) is 0 Å². The molecule has 0 saturated heterocycles. The fourth-order valence-electron chi connectivity index (χ4n) is 4.09. The fourth-order valence-corrected chi connectivity index (χ4v) is 4.09. The maximum Gasteiger partial charge on any atom is 0.201 e. The number of hydrogen-bond donors (Lipinski definition) is 1. The number of carbonyl (C=O) groups excluding carboxylic acids is 1. The van der Waals surface area contributed by atoms with E-state index >= 15 is 0 Å². The van der Waals surface area contributed by atoms with Gasteiger partial charge in [0.05, 0.1) is 0 Å². The normalized spacial score (nSPS) is 37.5. The monoisotopic (exact) mass is 274 g/mol. The minimum Gasteiger partial charge on any atom is -0.381 e. The number of ketones is 1. The molecule has 3 atom stereocenters. The molecule has 3 nitrogen and oxygen atoms in total. The summed E-state index contributed by atoms with van der Waals surface area (Å²) in [6.45, 7) is 0. The van der Waals surface area contributed by atoms with Crippen LogP contribution in [0.1, 0.15) is 44.1 Å². The van der Waals surface area contributed by atoms with E-state index in [2.05, 4.69) is 0 Å². The largest absolute Gasteiger partial charge is 0.381 e. The number of Topliss-reactive ketones (excluding diaryl/α,β-unsaturated/α-hetero) is 1. The molecule has 3 rings (SSSR count). The average molecular weight is 274 g/mol. The number of hydrogen-bond acceptors (Lipinski definition) is 3. The van der Waals surface area contributed by atoms with E-state index < -0.39 is 11.2 Å².